The molecule has 0 saturated carbocycles. The van der Waals surface area contributed by atoms with Crippen LogP contribution in [0.25, 0.3) is 21.3 Å². The van der Waals surface area contributed by atoms with E-state index in [9.17, 15) is 4.39 Å². The lowest BCUT2D eigenvalue weighted by atomic mass is 10.1. The van der Waals surface area contributed by atoms with E-state index in [4.69, 9.17) is 11.6 Å². The van der Waals surface area contributed by atoms with E-state index in [1.165, 1.54) is 23.5 Å². The van der Waals surface area contributed by atoms with Crippen LogP contribution in [0.2, 0.25) is 5.15 Å². The number of nitrogens with one attached hydrogen (secondary N) is 1. The summed E-state index contributed by atoms with van der Waals surface area (Å²) in [5, 5.41) is 6.14. The van der Waals surface area contributed by atoms with E-state index >= 15 is 0 Å². The summed E-state index contributed by atoms with van der Waals surface area (Å²) in [6.07, 6.45) is 1.72. The molecule has 1 N–H and O–H groups in total. The summed E-state index contributed by atoms with van der Waals surface area (Å²) in [6.45, 7) is 4.20. The van der Waals surface area contributed by atoms with Gasteiger partial charge in [-0.3, -0.25) is 0 Å². The maximum absolute atomic E-state index is 13.0. The molecule has 1 aromatic carbocycles. The fraction of sp³-hybridized carbons (Fsp3) is 0.0667. The highest BCUT2D eigenvalue weighted by molar-refractivity contribution is 7.17. The number of hydrogen-bond acceptors (Lipinski definition) is 4. The largest absolute Gasteiger partial charge is 0.351 e. The number of thiophene rings is 1. The number of halogens is 2. The summed E-state index contributed by atoms with van der Waals surface area (Å²) >= 11 is 7.76. The van der Waals surface area contributed by atoms with Crippen molar-refractivity contribution in [3.63, 3.8) is 0 Å². The Hall–Kier alpha value is -1.98. The van der Waals surface area contributed by atoms with E-state index in [1.807, 2.05) is 5.38 Å². The van der Waals surface area contributed by atoms with Crippen LogP contribution in [0.4, 0.5) is 10.3 Å². The van der Waals surface area contributed by atoms with Crippen molar-refractivity contribution < 1.29 is 4.39 Å². The molecule has 0 unspecified atom stereocenters. The maximum Gasteiger partial charge on any atom is 0.225 e. The minimum Gasteiger partial charge on any atom is -0.351 e. The zero-order chi connectivity index (χ0) is 14.8. The SMILES string of the molecule is C=CCNc1nc(Cl)c2c(-c3ccc(F)cc3)csc2n1. The quantitative estimate of drug-likeness (QED) is 0.557. The molecule has 6 heteroatoms. The van der Waals surface area contributed by atoms with Crippen molar-refractivity contribution in [1.82, 2.24) is 9.97 Å². The van der Waals surface area contributed by atoms with Crippen molar-refractivity contribution in [3.8, 4) is 11.1 Å². The minimum atomic E-state index is -0.267. The standard InChI is InChI=1S/C15H11ClFN3S/c1-2-7-18-15-19-13(16)12-11(8-21-14(12)20-15)9-3-5-10(17)6-4-9/h2-6,8H,1,7H2,(H,18,19,20). The number of benzene rings is 1. The van der Waals surface area contributed by atoms with Crippen molar-refractivity contribution in [3.05, 3.63) is 53.3 Å². The molecule has 0 radical (unpaired) electrons. The maximum atomic E-state index is 13.0. The average molecular weight is 320 g/mol. The van der Waals surface area contributed by atoms with Gasteiger partial charge in [0.05, 0.1) is 5.39 Å². The Morgan fingerprint density at radius 2 is 2.05 bits per heavy atom. The van der Waals surface area contributed by atoms with Crippen LogP contribution in [0.3, 0.4) is 0 Å². The first kappa shape index (κ1) is 14.0. The van der Waals surface area contributed by atoms with E-state index in [-0.39, 0.29) is 5.82 Å². The van der Waals surface area contributed by atoms with Gasteiger partial charge in [-0.1, -0.05) is 29.8 Å². The normalized spacial score (nSPS) is 10.8. The van der Waals surface area contributed by atoms with Gasteiger partial charge in [0.25, 0.3) is 0 Å². The molecule has 3 rings (SSSR count). The predicted octanol–water partition coefficient (Wildman–Crippen LogP) is 4.75. The lowest BCUT2D eigenvalue weighted by molar-refractivity contribution is 0.628. The van der Waals surface area contributed by atoms with Crippen molar-refractivity contribution in [2.24, 2.45) is 0 Å². The van der Waals surface area contributed by atoms with Crippen LogP contribution in [-0.2, 0) is 0 Å². The van der Waals surface area contributed by atoms with E-state index < -0.39 is 0 Å². The second-order valence-corrected chi connectivity index (χ2v) is 5.56. The van der Waals surface area contributed by atoms with Gasteiger partial charge in [-0.25, -0.2) is 14.4 Å². The van der Waals surface area contributed by atoms with Crippen LogP contribution >= 0.6 is 22.9 Å². The summed E-state index contributed by atoms with van der Waals surface area (Å²) in [4.78, 5) is 9.46. The van der Waals surface area contributed by atoms with Gasteiger partial charge in [-0.05, 0) is 17.7 Å². The lowest BCUT2D eigenvalue weighted by Gasteiger charge is -2.04. The smallest absolute Gasteiger partial charge is 0.225 e. The van der Waals surface area contributed by atoms with E-state index in [0.717, 1.165) is 21.3 Å². The Kier molecular flexibility index (Phi) is 3.86. The van der Waals surface area contributed by atoms with Crippen LogP contribution in [0, 0.1) is 5.82 Å². The second kappa shape index (κ2) is 5.79. The molecule has 21 heavy (non-hydrogen) atoms. The van der Waals surface area contributed by atoms with Gasteiger partial charge in [0.2, 0.25) is 5.95 Å². The summed E-state index contributed by atoms with van der Waals surface area (Å²) < 4.78 is 13.0. The second-order valence-electron chi connectivity index (χ2n) is 4.34. The number of hydrogen-bond donors (Lipinski definition) is 1. The van der Waals surface area contributed by atoms with Gasteiger partial charge in [0.15, 0.2) is 0 Å². The molecule has 106 valence electrons. The molecule has 0 fully saturated rings. The fourth-order valence-electron chi connectivity index (χ4n) is 1.98. The fourth-order valence-corrected chi connectivity index (χ4v) is 3.26. The van der Waals surface area contributed by atoms with E-state index in [0.29, 0.717) is 17.6 Å². The highest BCUT2D eigenvalue weighted by atomic mass is 35.5. The molecule has 0 amide bonds. The number of nitrogens with zero attached hydrogens (tertiary/aromatic N) is 2. The lowest BCUT2D eigenvalue weighted by Crippen LogP contribution is -2.02. The zero-order valence-electron chi connectivity index (χ0n) is 10.9. The summed E-state index contributed by atoms with van der Waals surface area (Å²) in [6, 6.07) is 6.29. The van der Waals surface area contributed by atoms with Crippen LogP contribution in [0.1, 0.15) is 0 Å². The minimum absolute atomic E-state index is 0.267. The molecule has 3 aromatic rings. The molecule has 0 spiro atoms. The Morgan fingerprint density at radius 3 is 2.76 bits per heavy atom. The molecular weight excluding hydrogens is 309 g/mol. The Labute approximate surface area is 130 Å². The Bertz CT molecular complexity index is 799. The first-order valence-corrected chi connectivity index (χ1v) is 7.50. The first-order chi connectivity index (χ1) is 10.2. The zero-order valence-corrected chi connectivity index (χ0v) is 12.5. The van der Waals surface area contributed by atoms with Crippen LogP contribution < -0.4 is 5.32 Å². The molecule has 3 nitrogen and oxygen atoms in total. The van der Waals surface area contributed by atoms with Crippen molar-refractivity contribution in [1.29, 1.82) is 0 Å². The molecule has 0 bridgehead atoms. The van der Waals surface area contributed by atoms with Gasteiger partial charge in [0, 0.05) is 17.5 Å². The molecule has 0 aliphatic carbocycles. The number of rotatable bonds is 4. The summed E-state index contributed by atoms with van der Waals surface area (Å²) in [5.41, 5.74) is 1.80. The van der Waals surface area contributed by atoms with Crippen molar-refractivity contribution in [2.75, 3.05) is 11.9 Å². The van der Waals surface area contributed by atoms with Gasteiger partial charge in [0.1, 0.15) is 15.8 Å². The first-order valence-electron chi connectivity index (χ1n) is 6.24. The van der Waals surface area contributed by atoms with Crippen LogP contribution in [0.5, 0.6) is 0 Å². The third-order valence-electron chi connectivity index (χ3n) is 2.95. The monoisotopic (exact) mass is 319 g/mol. The molecule has 0 atom stereocenters. The molecule has 2 heterocycles. The summed E-state index contributed by atoms with van der Waals surface area (Å²) in [7, 11) is 0. The van der Waals surface area contributed by atoms with Crippen LogP contribution in [0.15, 0.2) is 42.3 Å². The molecule has 0 aliphatic heterocycles. The topological polar surface area (TPSA) is 37.8 Å². The number of fused-ring (bicyclic) bond motifs is 1. The van der Waals surface area contributed by atoms with Gasteiger partial charge in [-0.2, -0.15) is 0 Å². The third-order valence-corrected chi connectivity index (χ3v) is 4.09. The molecule has 0 saturated heterocycles. The van der Waals surface area contributed by atoms with Gasteiger partial charge < -0.3 is 5.32 Å². The third kappa shape index (κ3) is 2.75. The van der Waals surface area contributed by atoms with E-state index in [2.05, 4.69) is 21.9 Å². The number of aromatic nitrogens is 2. The highest BCUT2D eigenvalue weighted by Crippen LogP contribution is 2.37. The highest BCUT2D eigenvalue weighted by Gasteiger charge is 2.14. The average Bonchev–Trinajstić information content (AvgIpc) is 2.90. The van der Waals surface area contributed by atoms with Gasteiger partial charge >= 0.3 is 0 Å². The molecular formula is C15H11ClFN3S. The Morgan fingerprint density at radius 1 is 1.29 bits per heavy atom. The molecule has 2 aromatic heterocycles. The summed E-state index contributed by atoms with van der Waals surface area (Å²) in [5.74, 6) is 0.205. The van der Waals surface area contributed by atoms with Gasteiger partial charge in [-0.15, -0.1) is 17.9 Å². The Balaban J connectivity index is 2.09. The molecule has 0 aliphatic rings. The van der Waals surface area contributed by atoms with Crippen molar-refractivity contribution in [2.45, 2.75) is 0 Å². The van der Waals surface area contributed by atoms with E-state index in [1.54, 1.807) is 18.2 Å². The predicted molar refractivity (Wildman–Crippen MR) is 86.5 cm³/mol. The van der Waals surface area contributed by atoms with Crippen LogP contribution in [-0.4, -0.2) is 16.5 Å². The number of anilines is 1. The van der Waals surface area contributed by atoms with Crippen molar-refractivity contribution >= 4 is 39.1 Å².